The third-order valence-corrected chi connectivity index (χ3v) is 6.70. The van der Waals surface area contributed by atoms with E-state index in [1.807, 2.05) is 60.4 Å². The van der Waals surface area contributed by atoms with Gasteiger partial charge >= 0.3 is 0 Å². The van der Waals surface area contributed by atoms with Crippen LogP contribution in [-0.4, -0.2) is 41.8 Å². The van der Waals surface area contributed by atoms with E-state index in [0.717, 1.165) is 37.0 Å². The van der Waals surface area contributed by atoms with Crippen LogP contribution in [0.15, 0.2) is 48.5 Å². The molecule has 2 aromatic carbocycles. The van der Waals surface area contributed by atoms with Gasteiger partial charge < -0.3 is 19.5 Å². The molecule has 0 bridgehead atoms. The lowest BCUT2D eigenvalue weighted by Gasteiger charge is -2.52. The van der Waals surface area contributed by atoms with Crippen LogP contribution in [-0.2, 0) is 0 Å². The zero-order chi connectivity index (χ0) is 21.1. The van der Waals surface area contributed by atoms with E-state index in [2.05, 4.69) is 0 Å². The molecule has 0 spiro atoms. The quantitative estimate of drug-likeness (QED) is 0.784. The minimum absolute atomic E-state index is 0.0136. The first-order chi connectivity index (χ1) is 14.6. The monoisotopic (exact) mass is 409 g/mol. The largest absolute Gasteiger partial charge is 0.496 e. The summed E-state index contributed by atoms with van der Waals surface area (Å²) in [5.41, 5.74) is 0.799. The lowest BCUT2D eigenvalue weighted by molar-refractivity contribution is -0.115. The molecule has 0 unspecified atom stereocenters. The fourth-order valence-corrected chi connectivity index (χ4v) is 5.28. The van der Waals surface area contributed by atoms with Crippen molar-refractivity contribution in [1.29, 1.82) is 0 Å². The topological polar surface area (TPSA) is 59.0 Å². The Balaban J connectivity index is 1.80. The predicted octanol–water partition coefficient (Wildman–Crippen LogP) is 4.60. The van der Waals surface area contributed by atoms with E-state index < -0.39 is 5.60 Å². The van der Waals surface area contributed by atoms with E-state index >= 15 is 0 Å². The molecular formula is C25H31NO4. The number of likely N-dealkylation sites (tertiary alicyclic amines) is 1. The molecule has 1 heterocycles. The van der Waals surface area contributed by atoms with Crippen molar-refractivity contribution in [2.75, 3.05) is 20.3 Å². The van der Waals surface area contributed by atoms with Gasteiger partial charge in [-0.05, 0) is 44.4 Å². The number of rotatable bonds is 5. The first kappa shape index (κ1) is 20.7. The summed E-state index contributed by atoms with van der Waals surface area (Å²) in [5, 5.41) is 11.5. The van der Waals surface area contributed by atoms with Crippen molar-refractivity contribution in [2.45, 2.75) is 50.7 Å². The number of nitrogens with zero attached hydrogens (tertiary/aromatic N) is 1. The number of carbonyl (C=O) groups is 1. The van der Waals surface area contributed by atoms with Crippen LogP contribution in [0, 0.1) is 5.92 Å². The van der Waals surface area contributed by atoms with E-state index in [0.29, 0.717) is 30.9 Å². The molecular weight excluding hydrogens is 378 g/mol. The SMILES string of the molecule is CCOc1ccccc1[C@H]1[C@H]2CCCC[C@]2(O)CCN1C(=O)c1ccccc1OC. The third kappa shape index (κ3) is 3.67. The van der Waals surface area contributed by atoms with Crippen molar-refractivity contribution in [2.24, 2.45) is 5.92 Å². The molecule has 1 saturated carbocycles. The Bertz CT molecular complexity index is 898. The first-order valence-electron chi connectivity index (χ1n) is 11.0. The second-order valence-corrected chi connectivity index (χ2v) is 8.32. The maximum Gasteiger partial charge on any atom is 0.258 e. The minimum atomic E-state index is -0.736. The molecule has 160 valence electrons. The van der Waals surface area contributed by atoms with Gasteiger partial charge in [0.05, 0.1) is 30.9 Å². The van der Waals surface area contributed by atoms with Crippen molar-refractivity contribution >= 4 is 5.91 Å². The fraction of sp³-hybridized carbons (Fsp3) is 0.480. The van der Waals surface area contributed by atoms with Gasteiger partial charge in [0.15, 0.2) is 0 Å². The van der Waals surface area contributed by atoms with Crippen molar-refractivity contribution in [3.8, 4) is 11.5 Å². The van der Waals surface area contributed by atoms with Crippen LogP contribution in [0.25, 0.3) is 0 Å². The molecule has 0 aromatic heterocycles. The van der Waals surface area contributed by atoms with Crippen LogP contribution in [0.3, 0.4) is 0 Å². The predicted molar refractivity (Wildman–Crippen MR) is 116 cm³/mol. The Morgan fingerprint density at radius 3 is 2.60 bits per heavy atom. The smallest absolute Gasteiger partial charge is 0.258 e. The average molecular weight is 410 g/mol. The molecule has 2 fully saturated rings. The Hall–Kier alpha value is -2.53. The molecule has 1 aliphatic carbocycles. The Kier molecular flexibility index (Phi) is 6.00. The first-order valence-corrected chi connectivity index (χ1v) is 11.0. The van der Waals surface area contributed by atoms with Crippen molar-refractivity contribution in [3.05, 3.63) is 59.7 Å². The van der Waals surface area contributed by atoms with Crippen LogP contribution in [0.4, 0.5) is 0 Å². The zero-order valence-electron chi connectivity index (χ0n) is 17.8. The lowest BCUT2D eigenvalue weighted by Crippen LogP contribution is -2.56. The maximum absolute atomic E-state index is 13.7. The van der Waals surface area contributed by atoms with Gasteiger partial charge in [-0.1, -0.05) is 43.2 Å². The summed E-state index contributed by atoms with van der Waals surface area (Å²) in [5.74, 6) is 1.29. The number of benzene rings is 2. The van der Waals surface area contributed by atoms with Crippen molar-refractivity contribution in [1.82, 2.24) is 4.90 Å². The maximum atomic E-state index is 13.7. The summed E-state index contributed by atoms with van der Waals surface area (Å²) in [6.45, 7) is 3.03. The molecule has 2 aliphatic rings. The summed E-state index contributed by atoms with van der Waals surface area (Å²) in [7, 11) is 1.59. The van der Waals surface area contributed by atoms with E-state index in [-0.39, 0.29) is 17.9 Å². The molecule has 4 rings (SSSR count). The summed E-state index contributed by atoms with van der Waals surface area (Å²) < 4.78 is 11.4. The Morgan fingerprint density at radius 1 is 1.10 bits per heavy atom. The number of ether oxygens (including phenoxy) is 2. The number of fused-ring (bicyclic) bond motifs is 1. The van der Waals surface area contributed by atoms with Crippen LogP contribution in [0.1, 0.15) is 61.0 Å². The van der Waals surface area contributed by atoms with Gasteiger partial charge in [-0.15, -0.1) is 0 Å². The molecule has 1 aliphatic heterocycles. The van der Waals surface area contributed by atoms with E-state index in [1.165, 1.54) is 0 Å². The fourth-order valence-electron chi connectivity index (χ4n) is 5.28. The number of aliphatic hydroxyl groups is 1. The van der Waals surface area contributed by atoms with Crippen LogP contribution < -0.4 is 9.47 Å². The van der Waals surface area contributed by atoms with Crippen molar-refractivity contribution in [3.63, 3.8) is 0 Å². The molecule has 1 saturated heterocycles. The highest BCUT2D eigenvalue weighted by molar-refractivity contribution is 5.97. The van der Waals surface area contributed by atoms with Gasteiger partial charge in [-0.3, -0.25) is 4.79 Å². The molecule has 3 atom stereocenters. The number of hydrogen-bond acceptors (Lipinski definition) is 4. The summed E-state index contributed by atoms with van der Waals surface area (Å²) in [6, 6.07) is 15.1. The van der Waals surface area contributed by atoms with Gasteiger partial charge in [0.1, 0.15) is 11.5 Å². The Morgan fingerprint density at radius 2 is 1.83 bits per heavy atom. The average Bonchev–Trinajstić information content (AvgIpc) is 2.78. The molecule has 2 aromatic rings. The lowest BCUT2D eigenvalue weighted by atomic mass is 9.66. The molecule has 5 nitrogen and oxygen atoms in total. The standard InChI is InChI=1S/C25H31NO4/c1-3-30-22-14-7-4-10-18(22)23-20-12-8-9-15-25(20,28)16-17-26(23)24(27)19-11-5-6-13-21(19)29-2/h4-7,10-11,13-14,20,23,28H,3,8-9,12,15-17H2,1-2H3/t20-,23+,25+/m1/s1. The minimum Gasteiger partial charge on any atom is -0.496 e. The van der Waals surface area contributed by atoms with Gasteiger partial charge in [0.25, 0.3) is 5.91 Å². The number of amides is 1. The highest BCUT2D eigenvalue weighted by atomic mass is 16.5. The summed E-state index contributed by atoms with van der Waals surface area (Å²) in [6.07, 6.45) is 4.40. The molecule has 1 N–H and O–H groups in total. The van der Waals surface area contributed by atoms with Gasteiger partial charge in [0.2, 0.25) is 0 Å². The van der Waals surface area contributed by atoms with Crippen LogP contribution in [0.2, 0.25) is 0 Å². The van der Waals surface area contributed by atoms with E-state index in [1.54, 1.807) is 7.11 Å². The third-order valence-electron chi connectivity index (χ3n) is 6.70. The number of piperidine rings is 1. The molecule has 5 heteroatoms. The normalized spacial score (nSPS) is 26.0. The Labute approximate surface area is 178 Å². The summed E-state index contributed by atoms with van der Waals surface area (Å²) >= 11 is 0. The van der Waals surface area contributed by atoms with Crippen molar-refractivity contribution < 1.29 is 19.4 Å². The number of para-hydroxylation sites is 2. The van der Waals surface area contributed by atoms with Gasteiger partial charge in [-0.2, -0.15) is 0 Å². The molecule has 1 amide bonds. The highest BCUT2D eigenvalue weighted by Gasteiger charge is 2.51. The number of methoxy groups -OCH3 is 1. The zero-order valence-corrected chi connectivity index (χ0v) is 17.8. The number of carbonyl (C=O) groups excluding carboxylic acids is 1. The second-order valence-electron chi connectivity index (χ2n) is 8.32. The number of hydrogen-bond donors (Lipinski definition) is 1. The molecule has 30 heavy (non-hydrogen) atoms. The second kappa shape index (κ2) is 8.68. The van der Waals surface area contributed by atoms with E-state index in [9.17, 15) is 9.90 Å². The van der Waals surface area contributed by atoms with Crippen LogP contribution >= 0.6 is 0 Å². The van der Waals surface area contributed by atoms with Gasteiger partial charge in [-0.25, -0.2) is 0 Å². The molecule has 0 radical (unpaired) electrons. The van der Waals surface area contributed by atoms with Gasteiger partial charge in [0, 0.05) is 18.0 Å². The highest BCUT2D eigenvalue weighted by Crippen LogP contribution is 2.51. The van der Waals surface area contributed by atoms with Crippen LogP contribution in [0.5, 0.6) is 11.5 Å². The summed E-state index contributed by atoms with van der Waals surface area (Å²) in [4.78, 5) is 15.7. The van der Waals surface area contributed by atoms with E-state index in [4.69, 9.17) is 9.47 Å².